The van der Waals surface area contributed by atoms with E-state index < -0.39 is 0 Å². The Labute approximate surface area is 99.8 Å². The van der Waals surface area contributed by atoms with Crippen molar-refractivity contribution in [1.82, 2.24) is 15.5 Å². The minimum Gasteiger partial charge on any atom is -0.355 e. The van der Waals surface area contributed by atoms with Gasteiger partial charge in [0.15, 0.2) is 0 Å². The minimum atomic E-state index is 0.130. The van der Waals surface area contributed by atoms with E-state index in [1.807, 2.05) is 13.8 Å². The van der Waals surface area contributed by atoms with Gasteiger partial charge in [-0.2, -0.15) is 0 Å². The number of hydrogen-bond donors (Lipinski definition) is 2. The van der Waals surface area contributed by atoms with Crippen molar-refractivity contribution in [2.45, 2.75) is 46.2 Å². The van der Waals surface area contributed by atoms with Crippen LogP contribution in [-0.4, -0.2) is 49.6 Å². The molecule has 0 saturated carbocycles. The molecule has 0 fully saturated rings. The van der Waals surface area contributed by atoms with Crippen molar-refractivity contribution in [1.29, 1.82) is 0 Å². The van der Waals surface area contributed by atoms with E-state index in [-0.39, 0.29) is 11.9 Å². The van der Waals surface area contributed by atoms with Gasteiger partial charge in [-0.3, -0.25) is 4.79 Å². The minimum absolute atomic E-state index is 0.130. The first-order valence-electron chi connectivity index (χ1n) is 6.17. The van der Waals surface area contributed by atoms with Gasteiger partial charge in [0.05, 0.1) is 0 Å². The van der Waals surface area contributed by atoms with Gasteiger partial charge in [-0.25, -0.2) is 0 Å². The number of amides is 1. The zero-order chi connectivity index (χ0) is 12.6. The molecular weight excluding hydrogens is 202 g/mol. The van der Waals surface area contributed by atoms with Crippen LogP contribution in [-0.2, 0) is 4.79 Å². The third-order valence-electron chi connectivity index (χ3n) is 2.71. The van der Waals surface area contributed by atoms with Crippen LogP contribution in [0.25, 0.3) is 0 Å². The Morgan fingerprint density at radius 1 is 1.31 bits per heavy atom. The average Bonchev–Trinajstić information content (AvgIpc) is 2.17. The highest BCUT2D eigenvalue weighted by Gasteiger charge is 2.08. The zero-order valence-electron chi connectivity index (χ0n) is 11.3. The van der Waals surface area contributed by atoms with E-state index in [2.05, 4.69) is 36.4 Å². The molecule has 1 unspecified atom stereocenters. The fourth-order valence-electron chi connectivity index (χ4n) is 1.40. The van der Waals surface area contributed by atoms with E-state index in [4.69, 9.17) is 0 Å². The van der Waals surface area contributed by atoms with Gasteiger partial charge in [0.25, 0.3) is 0 Å². The molecule has 1 atom stereocenters. The van der Waals surface area contributed by atoms with Crippen LogP contribution in [0.2, 0.25) is 0 Å². The highest BCUT2D eigenvalue weighted by Crippen LogP contribution is 1.92. The molecular formula is C12H27N3O. The topological polar surface area (TPSA) is 44.4 Å². The number of carbonyl (C=O) groups is 1. The van der Waals surface area contributed by atoms with Crippen molar-refractivity contribution in [3.8, 4) is 0 Å². The molecule has 0 aliphatic heterocycles. The number of likely N-dealkylation sites (N-methyl/N-ethyl adjacent to an activating group) is 1. The van der Waals surface area contributed by atoms with Gasteiger partial charge in [-0.15, -0.1) is 0 Å². The predicted molar refractivity (Wildman–Crippen MR) is 68.5 cm³/mol. The predicted octanol–water partition coefficient (Wildman–Crippen LogP) is 0.831. The molecule has 0 radical (unpaired) electrons. The molecule has 4 heteroatoms. The monoisotopic (exact) mass is 229 g/mol. The lowest BCUT2D eigenvalue weighted by atomic mass is 10.2. The molecule has 0 rings (SSSR count). The molecule has 2 N–H and O–H groups in total. The summed E-state index contributed by atoms with van der Waals surface area (Å²) in [5.74, 6) is 0.130. The lowest BCUT2D eigenvalue weighted by molar-refractivity contribution is -0.121. The lowest BCUT2D eigenvalue weighted by Crippen LogP contribution is -2.38. The molecule has 0 saturated heterocycles. The molecule has 0 bridgehead atoms. The van der Waals surface area contributed by atoms with E-state index in [0.29, 0.717) is 12.5 Å². The average molecular weight is 229 g/mol. The van der Waals surface area contributed by atoms with Gasteiger partial charge in [0, 0.05) is 31.6 Å². The van der Waals surface area contributed by atoms with Crippen molar-refractivity contribution < 1.29 is 4.79 Å². The molecule has 0 aromatic carbocycles. The Balaban J connectivity index is 3.58. The standard InChI is InChI=1S/C12H27N3O/c1-6-13-11(4)9-12(16)14-7-8-15(5)10(2)3/h10-11,13H,6-9H2,1-5H3,(H,14,16). The molecule has 96 valence electrons. The van der Waals surface area contributed by atoms with Crippen molar-refractivity contribution in [2.75, 3.05) is 26.7 Å². The fraction of sp³-hybridized carbons (Fsp3) is 0.917. The van der Waals surface area contributed by atoms with Crippen LogP contribution in [0.3, 0.4) is 0 Å². The molecule has 0 aliphatic rings. The largest absolute Gasteiger partial charge is 0.355 e. The number of hydrogen-bond acceptors (Lipinski definition) is 3. The summed E-state index contributed by atoms with van der Waals surface area (Å²) in [6.07, 6.45) is 0.555. The Morgan fingerprint density at radius 2 is 1.94 bits per heavy atom. The number of carbonyl (C=O) groups excluding carboxylic acids is 1. The molecule has 0 spiro atoms. The first-order chi connectivity index (χ1) is 7.47. The van der Waals surface area contributed by atoms with E-state index in [0.717, 1.165) is 19.6 Å². The fourth-order valence-corrected chi connectivity index (χ4v) is 1.40. The Bertz CT molecular complexity index is 195. The smallest absolute Gasteiger partial charge is 0.221 e. The Kier molecular flexibility index (Phi) is 8.21. The Hall–Kier alpha value is -0.610. The van der Waals surface area contributed by atoms with Gasteiger partial charge in [-0.1, -0.05) is 6.92 Å². The van der Waals surface area contributed by atoms with E-state index >= 15 is 0 Å². The summed E-state index contributed by atoms with van der Waals surface area (Å²) in [5.41, 5.74) is 0. The van der Waals surface area contributed by atoms with Crippen LogP contribution >= 0.6 is 0 Å². The highest BCUT2D eigenvalue weighted by molar-refractivity contribution is 5.76. The molecule has 4 nitrogen and oxygen atoms in total. The van der Waals surface area contributed by atoms with Gasteiger partial charge < -0.3 is 15.5 Å². The highest BCUT2D eigenvalue weighted by atomic mass is 16.1. The number of nitrogens with one attached hydrogen (secondary N) is 2. The summed E-state index contributed by atoms with van der Waals surface area (Å²) >= 11 is 0. The molecule has 0 aromatic rings. The van der Waals surface area contributed by atoms with E-state index in [9.17, 15) is 4.79 Å². The molecule has 0 aromatic heterocycles. The van der Waals surface area contributed by atoms with Crippen LogP contribution in [0.15, 0.2) is 0 Å². The second-order valence-corrected chi connectivity index (χ2v) is 4.59. The maximum absolute atomic E-state index is 11.5. The number of rotatable bonds is 8. The van der Waals surface area contributed by atoms with Gasteiger partial charge in [0.1, 0.15) is 0 Å². The van der Waals surface area contributed by atoms with E-state index in [1.54, 1.807) is 0 Å². The molecule has 1 amide bonds. The molecule has 0 aliphatic carbocycles. The van der Waals surface area contributed by atoms with Crippen LogP contribution in [0, 0.1) is 0 Å². The summed E-state index contributed by atoms with van der Waals surface area (Å²) in [4.78, 5) is 13.7. The van der Waals surface area contributed by atoms with E-state index in [1.165, 1.54) is 0 Å². The maximum Gasteiger partial charge on any atom is 0.221 e. The van der Waals surface area contributed by atoms with Crippen LogP contribution in [0.1, 0.15) is 34.1 Å². The first-order valence-corrected chi connectivity index (χ1v) is 6.17. The van der Waals surface area contributed by atoms with Crippen molar-refractivity contribution in [3.63, 3.8) is 0 Å². The second-order valence-electron chi connectivity index (χ2n) is 4.59. The summed E-state index contributed by atoms with van der Waals surface area (Å²) < 4.78 is 0. The van der Waals surface area contributed by atoms with Crippen LogP contribution in [0.4, 0.5) is 0 Å². The van der Waals surface area contributed by atoms with Gasteiger partial charge in [0.2, 0.25) is 5.91 Å². The van der Waals surface area contributed by atoms with Crippen molar-refractivity contribution in [3.05, 3.63) is 0 Å². The summed E-state index contributed by atoms with van der Waals surface area (Å²) in [7, 11) is 2.07. The summed E-state index contributed by atoms with van der Waals surface area (Å²) in [6.45, 7) is 10.9. The van der Waals surface area contributed by atoms with Gasteiger partial charge in [-0.05, 0) is 34.4 Å². The van der Waals surface area contributed by atoms with Crippen LogP contribution < -0.4 is 10.6 Å². The zero-order valence-corrected chi connectivity index (χ0v) is 11.3. The first kappa shape index (κ1) is 15.4. The molecule has 0 heterocycles. The normalized spacial score (nSPS) is 13.2. The SMILES string of the molecule is CCNC(C)CC(=O)NCCN(C)C(C)C. The van der Waals surface area contributed by atoms with Crippen molar-refractivity contribution >= 4 is 5.91 Å². The molecule has 16 heavy (non-hydrogen) atoms. The quantitative estimate of drug-likeness (QED) is 0.648. The van der Waals surface area contributed by atoms with Crippen molar-refractivity contribution in [2.24, 2.45) is 0 Å². The Morgan fingerprint density at radius 3 is 2.44 bits per heavy atom. The third kappa shape index (κ3) is 7.65. The van der Waals surface area contributed by atoms with Gasteiger partial charge >= 0.3 is 0 Å². The summed E-state index contributed by atoms with van der Waals surface area (Å²) in [6, 6.07) is 0.783. The maximum atomic E-state index is 11.5. The van der Waals surface area contributed by atoms with Crippen LogP contribution in [0.5, 0.6) is 0 Å². The number of nitrogens with zero attached hydrogens (tertiary/aromatic N) is 1. The second kappa shape index (κ2) is 8.53. The summed E-state index contributed by atoms with van der Waals surface area (Å²) in [5, 5.41) is 6.16. The third-order valence-corrected chi connectivity index (χ3v) is 2.71. The lowest BCUT2D eigenvalue weighted by Gasteiger charge is -2.21.